The molecule has 0 radical (unpaired) electrons. The maximum Gasteiger partial charge on any atom is 0.338 e. The molecule has 0 saturated heterocycles. The van der Waals surface area contributed by atoms with E-state index in [9.17, 15) is 14.4 Å². The molecule has 2 rings (SSSR count). The van der Waals surface area contributed by atoms with Crippen molar-refractivity contribution in [2.24, 2.45) is 0 Å². The zero-order chi connectivity index (χ0) is 20.0. The van der Waals surface area contributed by atoms with E-state index in [0.29, 0.717) is 17.0 Å². The fraction of sp³-hybridized carbons (Fsp3) is 0.250. The molecule has 27 heavy (non-hydrogen) atoms. The van der Waals surface area contributed by atoms with Crippen LogP contribution in [-0.2, 0) is 14.3 Å². The van der Waals surface area contributed by atoms with Crippen LogP contribution in [0.1, 0.15) is 33.2 Å². The normalized spacial score (nSPS) is 11.3. The summed E-state index contributed by atoms with van der Waals surface area (Å²) in [6, 6.07) is 11.1. The summed E-state index contributed by atoms with van der Waals surface area (Å²) in [6.45, 7) is 3.36. The number of hydrogen-bond donors (Lipinski definition) is 1. The summed E-state index contributed by atoms with van der Waals surface area (Å²) >= 11 is 0. The van der Waals surface area contributed by atoms with Gasteiger partial charge in [-0.25, -0.2) is 9.59 Å². The maximum absolute atomic E-state index is 12.3. The number of benzene rings is 2. The minimum atomic E-state index is -1.02. The van der Waals surface area contributed by atoms with Gasteiger partial charge in [-0.15, -0.1) is 0 Å². The van der Waals surface area contributed by atoms with Gasteiger partial charge in [0.15, 0.2) is 6.10 Å². The van der Waals surface area contributed by atoms with E-state index in [1.165, 1.54) is 45.4 Å². The highest BCUT2D eigenvalue weighted by atomic mass is 16.5. The Balaban J connectivity index is 2.02. The van der Waals surface area contributed by atoms with Crippen LogP contribution in [0.3, 0.4) is 0 Å². The number of carbonyl (C=O) groups is 3. The molecular formula is C20H21NO6. The molecule has 1 N–H and O–H groups in total. The van der Waals surface area contributed by atoms with Crippen LogP contribution in [0.4, 0.5) is 5.69 Å². The minimum Gasteiger partial charge on any atom is -0.495 e. The number of carbonyl (C=O) groups excluding carboxylic acids is 3. The second-order valence-electron chi connectivity index (χ2n) is 5.81. The molecular weight excluding hydrogens is 350 g/mol. The monoisotopic (exact) mass is 371 g/mol. The van der Waals surface area contributed by atoms with E-state index in [4.69, 9.17) is 9.47 Å². The highest BCUT2D eigenvalue weighted by molar-refractivity contribution is 5.98. The Morgan fingerprint density at radius 3 is 2.07 bits per heavy atom. The Morgan fingerprint density at radius 1 is 0.926 bits per heavy atom. The van der Waals surface area contributed by atoms with Crippen LogP contribution in [0.5, 0.6) is 5.75 Å². The Labute approximate surface area is 157 Å². The van der Waals surface area contributed by atoms with Gasteiger partial charge in [-0.05, 0) is 55.8 Å². The molecule has 1 amide bonds. The zero-order valence-corrected chi connectivity index (χ0v) is 15.6. The van der Waals surface area contributed by atoms with Crippen molar-refractivity contribution in [3.63, 3.8) is 0 Å². The van der Waals surface area contributed by atoms with E-state index in [1.807, 2.05) is 13.0 Å². The first-order valence-electron chi connectivity index (χ1n) is 8.20. The predicted molar refractivity (Wildman–Crippen MR) is 99.0 cm³/mol. The Morgan fingerprint density at radius 2 is 1.52 bits per heavy atom. The third-order valence-electron chi connectivity index (χ3n) is 3.81. The van der Waals surface area contributed by atoms with Crippen LogP contribution in [-0.4, -0.2) is 38.2 Å². The van der Waals surface area contributed by atoms with Crippen molar-refractivity contribution in [1.82, 2.24) is 0 Å². The number of methoxy groups -OCH3 is 2. The average Bonchev–Trinajstić information content (AvgIpc) is 2.67. The lowest BCUT2D eigenvalue weighted by Gasteiger charge is -2.15. The summed E-state index contributed by atoms with van der Waals surface area (Å²) in [4.78, 5) is 35.9. The van der Waals surface area contributed by atoms with Crippen LogP contribution in [0.2, 0.25) is 0 Å². The van der Waals surface area contributed by atoms with Crippen molar-refractivity contribution < 1.29 is 28.6 Å². The molecule has 1 atom stereocenters. The van der Waals surface area contributed by atoms with E-state index in [-0.39, 0.29) is 5.56 Å². The van der Waals surface area contributed by atoms with Crippen LogP contribution < -0.4 is 10.1 Å². The summed E-state index contributed by atoms with van der Waals surface area (Å²) < 4.78 is 15.0. The second kappa shape index (κ2) is 8.84. The third kappa shape index (κ3) is 5.07. The number of rotatable bonds is 6. The van der Waals surface area contributed by atoms with Crippen LogP contribution in [0.25, 0.3) is 0 Å². The minimum absolute atomic E-state index is 0.218. The average molecular weight is 371 g/mol. The largest absolute Gasteiger partial charge is 0.495 e. The number of nitrogens with one attached hydrogen (secondary N) is 1. The molecule has 0 aliphatic heterocycles. The molecule has 0 spiro atoms. The molecule has 1 unspecified atom stereocenters. The van der Waals surface area contributed by atoms with Gasteiger partial charge in [0.1, 0.15) is 5.75 Å². The van der Waals surface area contributed by atoms with Gasteiger partial charge >= 0.3 is 11.9 Å². The molecule has 0 saturated carbocycles. The van der Waals surface area contributed by atoms with Crippen molar-refractivity contribution in [1.29, 1.82) is 0 Å². The van der Waals surface area contributed by atoms with E-state index in [1.54, 1.807) is 12.1 Å². The van der Waals surface area contributed by atoms with Crippen LogP contribution >= 0.6 is 0 Å². The van der Waals surface area contributed by atoms with Gasteiger partial charge in [0.25, 0.3) is 5.91 Å². The second-order valence-corrected chi connectivity index (χ2v) is 5.81. The first kappa shape index (κ1) is 20.0. The lowest BCUT2D eigenvalue weighted by molar-refractivity contribution is -0.123. The number of esters is 2. The van der Waals surface area contributed by atoms with E-state index < -0.39 is 23.9 Å². The Bertz CT molecular complexity index is 844. The zero-order valence-electron chi connectivity index (χ0n) is 15.6. The predicted octanol–water partition coefficient (Wildman–Crippen LogP) is 2.97. The molecule has 0 aromatic heterocycles. The summed E-state index contributed by atoms with van der Waals surface area (Å²) in [5.74, 6) is -1.16. The number of aryl methyl sites for hydroxylation is 1. The van der Waals surface area contributed by atoms with Gasteiger partial charge in [0.05, 0.1) is 31.0 Å². The molecule has 7 heteroatoms. The number of amides is 1. The van der Waals surface area contributed by atoms with Crippen molar-refractivity contribution in [2.75, 3.05) is 19.5 Å². The quantitative estimate of drug-likeness (QED) is 0.785. The lowest BCUT2D eigenvalue weighted by Crippen LogP contribution is -2.30. The maximum atomic E-state index is 12.3. The lowest BCUT2D eigenvalue weighted by atomic mass is 10.1. The Kier molecular flexibility index (Phi) is 6.54. The highest BCUT2D eigenvalue weighted by Crippen LogP contribution is 2.25. The molecule has 142 valence electrons. The van der Waals surface area contributed by atoms with E-state index in [2.05, 4.69) is 10.1 Å². The number of hydrogen-bond acceptors (Lipinski definition) is 6. The number of anilines is 1. The Hall–Kier alpha value is -3.35. The van der Waals surface area contributed by atoms with Crippen LogP contribution in [0.15, 0.2) is 42.5 Å². The smallest absolute Gasteiger partial charge is 0.338 e. The molecule has 0 fully saturated rings. The molecule has 0 aliphatic carbocycles. The summed E-state index contributed by atoms with van der Waals surface area (Å²) in [5, 5.41) is 2.69. The molecule has 0 bridgehead atoms. The standard InChI is InChI=1S/C20H21NO6/c1-12-5-10-17(25-3)16(11-12)21-18(22)13(2)27-20(24)15-8-6-14(7-9-15)19(23)26-4/h5-11,13H,1-4H3,(H,21,22). The highest BCUT2D eigenvalue weighted by Gasteiger charge is 2.20. The van der Waals surface area contributed by atoms with Crippen molar-refractivity contribution in [3.05, 3.63) is 59.2 Å². The van der Waals surface area contributed by atoms with Crippen molar-refractivity contribution in [3.8, 4) is 5.75 Å². The topological polar surface area (TPSA) is 90.9 Å². The van der Waals surface area contributed by atoms with Gasteiger partial charge in [-0.1, -0.05) is 6.07 Å². The van der Waals surface area contributed by atoms with E-state index in [0.717, 1.165) is 5.56 Å². The van der Waals surface area contributed by atoms with E-state index >= 15 is 0 Å². The third-order valence-corrected chi connectivity index (χ3v) is 3.81. The number of ether oxygens (including phenoxy) is 3. The van der Waals surface area contributed by atoms with Crippen molar-refractivity contribution in [2.45, 2.75) is 20.0 Å². The van der Waals surface area contributed by atoms with Crippen LogP contribution in [0, 0.1) is 6.92 Å². The molecule has 2 aromatic carbocycles. The van der Waals surface area contributed by atoms with Gasteiger partial charge in [0, 0.05) is 0 Å². The summed E-state index contributed by atoms with van der Waals surface area (Å²) in [7, 11) is 2.77. The SMILES string of the molecule is COC(=O)c1ccc(C(=O)OC(C)C(=O)Nc2cc(C)ccc2OC)cc1. The molecule has 2 aromatic rings. The summed E-state index contributed by atoms with van der Waals surface area (Å²) in [6.07, 6.45) is -1.02. The molecule has 0 heterocycles. The van der Waals surface area contributed by atoms with Gasteiger partial charge < -0.3 is 19.5 Å². The van der Waals surface area contributed by atoms with Gasteiger partial charge in [0.2, 0.25) is 0 Å². The summed E-state index contributed by atoms with van der Waals surface area (Å²) in [5.41, 5.74) is 1.97. The fourth-order valence-electron chi connectivity index (χ4n) is 2.30. The molecule has 7 nitrogen and oxygen atoms in total. The fourth-order valence-corrected chi connectivity index (χ4v) is 2.30. The van der Waals surface area contributed by atoms with Crippen molar-refractivity contribution >= 4 is 23.5 Å². The van der Waals surface area contributed by atoms with Gasteiger partial charge in [-0.2, -0.15) is 0 Å². The van der Waals surface area contributed by atoms with Gasteiger partial charge in [-0.3, -0.25) is 4.79 Å². The first-order valence-corrected chi connectivity index (χ1v) is 8.20. The molecule has 0 aliphatic rings. The first-order chi connectivity index (χ1) is 12.8.